The van der Waals surface area contributed by atoms with Gasteiger partial charge in [0.1, 0.15) is 34.1 Å². The van der Waals surface area contributed by atoms with Crippen LogP contribution < -0.4 is 30.4 Å². The van der Waals surface area contributed by atoms with Crippen molar-refractivity contribution in [3.8, 4) is 34.3 Å². The average molecular weight is 427 g/mol. The third-order valence-corrected chi connectivity index (χ3v) is 6.81. The second kappa shape index (κ2) is 6.69. The highest BCUT2D eigenvalue weighted by Gasteiger charge is 2.41. The van der Waals surface area contributed by atoms with Crippen LogP contribution in [-0.2, 0) is 7.05 Å². The van der Waals surface area contributed by atoms with E-state index >= 15 is 0 Å². The van der Waals surface area contributed by atoms with Gasteiger partial charge in [-0.3, -0.25) is 0 Å². The Morgan fingerprint density at radius 2 is 1.52 bits per heavy atom. The Balaban J connectivity index is 1.60. The van der Waals surface area contributed by atoms with Crippen molar-refractivity contribution in [2.24, 2.45) is 7.05 Å². The van der Waals surface area contributed by atoms with Gasteiger partial charge in [0.05, 0.1) is 7.05 Å². The van der Waals surface area contributed by atoms with Gasteiger partial charge in [0.2, 0.25) is 0 Å². The first-order chi connectivity index (χ1) is 16.2. The van der Waals surface area contributed by atoms with E-state index in [0.717, 1.165) is 56.0 Å². The van der Waals surface area contributed by atoms with Crippen LogP contribution in [0.25, 0.3) is 22.2 Å². The summed E-state index contributed by atoms with van der Waals surface area (Å²) in [6.45, 7) is 2.19. The second-order valence-electron chi connectivity index (χ2n) is 8.74. The van der Waals surface area contributed by atoms with Crippen molar-refractivity contribution in [3.05, 3.63) is 90.8 Å². The van der Waals surface area contributed by atoms with E-state index in [9.17, 15) is 0 Å². The largest absolute Gasteiger partial charge is 0.458 e. The molecule has 4 aromatic carbocycles. The number of aromatic nitrogens is 2. The average Bonchev–Trinajstić information content (AvgIpc) is 2.84. The molecule has 156 valence electrons. The highest BCUT2D eigenvalue weighted by molar-refractivity contribution is 6.98. The number of hydrogen-bond donors (Lipinski definition) is 0. The summed E-state index contributed by atoms with van der Waals surface area (Å²) in [6, 6.07) is 27.1. The summed E-state index contributed by atoms with van der Waals surface area (Å²) in [5, 5.41) is 1.03. The highest BCUT2D eigenvalue weighted by Crippen LogP contribution is 2.39. The lowest BCUT2D eigenvalue weighted by atomic mass is 9.35. The second-order valence-corrected chi connectivity index (χ2v) is 8.74. The Hall–Kier alpha value is -4.12. The minimum Gasteiger partial charge on any atom is -0.458 e. The predicted molar refractivity (Wildman–Crippen MR) is 131 cm³/mol. The van der Waals surface area contributed by atoms with Crippen LogP contribution in [0.5, 0.6) is 23.0 Å². The normalized spacial score (nSPS) is 13.0. The summed E-state index contributed by atoms with van der Waals surface area (Å²) < 4.78 is 15.0. The molecule has 0 amide bonds. The van der Waals surface area contributed by atoms with Crippen LogP contribution in [0.2, 0.25) is 0 Å². The monoisotopic (exact) mass is 427 g/mol. The van der Waals surface area contributed by atoms with Crippen LogP contribution in [0.4, 0.5) is 0 Å². The van der Waals surface area contributed by atoms with Crippen molar-refractivity contribution in [2.45, 2.75) is 6.92 Å². The summed E-state index contributed by atoms with van der Waals surface area (Å²) in [4.78, 5) is 4.75. The zero-order chi connectivity index (χ0) is 22.1. The maximum Gasteiger partial charge on any atom is 0.287 e. The van der Waals surface area contributed by atoms with E-state index in [0.29, 0.717) is 0 Å². The molecule has 2 aliphatic heterocycles. The van der Waals surface area contributed by atoms with Crippen LogP contribution in [0, 0.1) is 6.92 Å². The van der Waals surface area contributed by atoms with Crippen molar-refractivity contribution < 1.29 is 14.0 Å². The number of ether oxygens (including phenoxy) is 2. The van der Waals surface area contributed by atoms with Gasteiger partial charge in [-0.2, -0.15) is 0 Å². The molecule has 0 saturated carbocycles. The first-order valence-electron chi connectivity index (χ1n) is 11.2. The van der Waals surface area contributed by atoms with Crippen LogP contribution in [-0.4, -0.2) is 11.7 Å². The lowest BCUT2D eigenvalue weighted by molar-refractivity contribution is -0.662. The molecular formula is C28H20BN2O2+. The number of nitrogens with zero attached hydrogens (tertiary/aromatic N) is 2. The van der Waals surface area contributed by atoms with Gasteiger partial charge in [-0.15, -0.1) is 0 Å². The number of hydrogen-bond acceptors (Lipinski definition) is 3. The van der Waals surface area contributed by atoms with E-state index < -0.39 is 0 Å². The fourth-order valence-electron chi connectivity index (χ4n) is 5.31. The molecule has 0 unspecified atom stereocenters. The SMILES string of the molecule is Cc1ccccc1-c1c2c3c(ccc2nc[n+]1C)B1c2ccccc2Oc2cccc(c21)O3. The molecule has 7 rings (SSSR count). The lowest BCUT2D eigenvalue weighted by Gasteiger charge is -2.33. The Labute approximate surface area is 192 Å². The topological polar surface area (TPSA) is 35.2 Å². The van der Waals surface area contributed by atoms with Gasteiger partial charge >= 0.3 is 0 Å². The Morgan fingerprint density at radius 1 is 0.758 bits per heavy atom. The van der Waals surface area contributed by atoms with E-state index in [1.807, 2.05) is 43.7 Å². The van der Waals surface area contributed by atoms with Crippen LogP contribution in [0.1, 0.15) is 5.56 Å². The van der Waals surface area contributed by atoms with Crippen molar-refractivity contribution in [2.75, 3.05) is 0 Å². The van der Waals surface area contributed by atoms with Crippen molar-refractivity contribution in [1.29, 1.82) is 0 Å². The molecule has 5 aromatic rings. The number of rotatable bonds is 1. The van der Waals surface area contributed by atoms with Gasteiger partial charge in [-0.25, -0.2) is 4.57 Å². The predicted octanol–water partition coefficient (Wildman–Crippen LogP) is 3.76. The lowest BCUT2D eigenvalue weighted by Crippen LogP contribution is -2.57. The molecule has 4 nitrogen and oxygen atoms in total. The molecule has 0 radical (unpaired) electrons. The van der Waals surface area contributed by atoms with Crippen LogP contribution in [0.15, 0.2) is 85.2 Å². The molecule has 0 saturated heterocycles. The maximum atomic E-state index is 6.68. The van der Waals surface area contributed by atoms with E-state index in [2.05, 4.69) is 60.0 Å². The first kappa shape index (κ1) is 18.5. The number of fused-ring (bicyclic) bond motifs is 6. The molecule has 0 N–H and O–H groups in total. The van der Waals surface area contributed by atoms with Crippen LogP contribution >= 0.6 is 0 Å². The summed E-state index contributed by atoms with van der Waals surface area (Å²) in [7, 11) is 2.05. The zero-order valence-corrected chi connectivity index (χ0v) is 18.4. The molecule has 0 spiro atoms. The molecule has 0 bridgehead atoms. The molecule has 5 heteroatoms. The van der Waals surface area contributed by atoms with Gasteiger partial charge in [0.25, 0.3) is 13.0 Å². The highest BCUT2D eigenvalue weighted by atomic mass is 16.5. The molecule has 1 aromatic heterocycles. The summed E-state index contributed by atoms with van der Waals surface area (Å²) in [6.07, 6.45) is 1.88. The minimum atomic E-state index is 0.0459. The molecular weight excluding hydrogens is 407 g/mol. The van der Waals surface area contributed by atoms with Gasteiger partial charge in [0, 0.05) is 11.0 Å². The minimum absolute atomic E-state index is 0.0459. The summed E-state index contributed by atoms with van der Waals surface area (Å²) >= 11 is 0. The fraction of sp³-hybridized carbons (Fsp3) is 0.0714. The van der Waals surface area contributed by atoms with Gasteiger partial charge in [0.15, 0.2) is 5.52 Å². The van der Waals surface area contributed by atoms with Crippen molar-refractivity contribution in [1.82, 2.24) is 4.98 Å². The van der Waals surface area contributed by atoms with E-state index in [1.54, 1.807) is 0 Å². The van der Waals surface area contributed by atoms with Crippen molar-refractivity contribution in [3.63, 3.8) is 0 Å². The van der Waals surface area contributed by atoms with Gasteiger partial charge in [-0.05, 0) is 52.7 Å². The number of aryl methyl sites for hydroxylation is 2. The molecule has 2 aliphatic rings. The van der Waals surface area contributed by atoms with Gasteiger partial charge in [-0.1, -0.05) is 54.6 Å². The maximum absolute atomic E-state index is 6.68. The Bertz CT molecular complexity index is 1610. The summed E-state index contributed by atoms with van der Waals surface area (Å²) in [5.74, 6) is 3.48. The standard InChI is InChI=1S/C28H20BN2O2/c1-17-8-3-4-9-18(17)27-25-21(30-16-31(27)2)15-14-20-28(25)33-24-13-7-12-23-26(24)29(20)19-10-5-6-11-22(19)32-23/h3-16H,1-2H3/q+1. The van der Waals surface area contributed by atoms with E-state index in [1.165, 1.54) is 11.1 Å². The number of benzene rings is 4. The smallest absolute Gasteiger partial charge is 0.287 e. The summed E-state index contributed by atoms with van der Waals surface area (Å²) in [5.41, 5.74) is 7.81. The molecule has 0 atom stereocenters. The van der Waals surface area contributed by atoms with Gasteiger partial charge < -0.3 is 9.47 Å². The molecule has 0 fully saturated rings. The zero-order valence-electron chi connectivity index (χ0n) is 18.4. The van der Waals surface area contributed by atoms with Crippen molar-refractivity contribution >= 4 is 34.0 Å². The van der Waals surface area contributed by atoms with E-state index in [4.69, 9.17) is 14.5 Å². The fourth-order valence-corrected chi connectivity index (χ4v) is 5.31. The van der Waals surface area contributed by atoms with E-state index in [-0.39, 0.29) is 6.71 Å². The third-order valence-electron chi connectivity index (χ3n) is 6.81. The quantitative estimate of drug-likeness (QED) is 0.296. The number of para-hydroxylation sites is 1. The molecule has 33 heavy (non-hydrogen) atoms. The Kier molecular flexibility index (Phi) is 3.74. The van der Waals surface area contributed by atoms with Crippen LogP contribution in [0.3, 0.4) is 0 Å². The third kappa shape index (κ3) is 2.53. The molecule has 0 aliphatic carbocycles. The Morgan fingerprint density at radius 3 is 2.39 bits per heavy atom. The molecule has 3 heterocycles. The first-order valence-corrected chi connectivity index (χ1v) is 11.2.